The van der Waals surface area contributed by atoms with Crippen molar-refractivity contribution in [3.05, 3.63) is 23.8 Å². The van der Waals surface area contributed by atoms with Gasteiger partial charge in [-0.15, -0.1) is 0 Å². The minimum absolute atomic E-state index is 0.162. The summed E-state index contributed by atoms with van der Waals surface area (Å²) in [4.78, 5) is 25.8. The number of aryl methyl sites for hydroxylation is 1. The summed E-state index contributed by atoms with van der Waals surface area (Å²) in [5.41, 5.74) is 2.86. The lowest BCUT2D eigenvalue weighted by Crippen LogP contribution is -2.34. The van der Waals surface area contributed by atoms with Gasteiger partial charge in [-0.3, -0.25) is 4.79 Å². The number of carbonyl (C=O) groups is 1. The van der Waals surface area contributed by atoms with Crippen molar-refractivity contribution >= 4 is 22.9 Å². The van der Waals surface area contributed by atoms with Crippen LogP contribution in [0.1, 0.15) is 94.8 Å². The molecule has 2 aromatic rings. The monoisotopic (exact) mass is 524 g/mol. The fourth-order valence-electron chi connectivity index (χ4n) is 5.96. The topological polar surface area (TPSA) is 56.6 Å². The Morgan fingerprint density at radius 2 is 1.47 bits per heavy atom. The molecule has 38 heavy (non-hydrogen) atoms. The van der Waals surface area contributed by atoms with Crippen LogP contribution in [0, 0.1) is 0 Å². The van der Waals surface area contributed by atoms with Crippen LogP contribution in [0.5, 0.6) is 0 Å². The molecule has 1 aromatic heterocycles. The second-order valence-corrected chi connectivity index (χ2v) is 11.4. The Morgan fingerprint density at radius 3 is 2.11 bits per heavy atom. The van der Waals surface area contributed by atoms with Crippen molar-refractivity contribution in [1.82, 2.24) is 24.3 Å². The number of benzene rings is 1. The summed E-state index contributed by atoms with van der Waals surface area (Å²) in [5.74, 6) is 1.11. The molecule has 0 spiro atoms. The first-order valence-electron chi connectivity index (χ1n) is 15.7. The first-order chi connectivity index (χ1) is 18.7. The number of anilines is 1. The van der Waals surface area contributed by atoms with Crippen molar-refractivity contribution in [2.24, 2.45) is 0 Å². The van der Waals surface area contributed by atoms with Gasteiger partial charge in [0, 0.05) is 38.3 Å². The molecular weight excluding hydrogens is 472 g/mol. The maximum Gasteiger partial charge on any atom is 0.253 e. The van der Waals surface area contributed by atoms with Crippen molar-refractivity contribution < 1.29 is 4.79 Å². The van der Waals surface area contributed by atoms with Gasteiger partial charge < -0.3 is 24.6 Å². The van der Waals surface area contributed by atoms with Crippen LogP contribution in [0.25, 0.3) is 11.0 Å². The molecule has 1 N–H and O–H groups in total. The van der Waals surface area contributed by atoms with E-state index in [2.05, 4.69) is 50.6 Å². The third-order valence-corrected chi connectivity index (χ3v) is 8.31. The van der Waals surface area contributed by atoms with E-state index in [1.165, 1.54) is 64.7 Å². The zero-order valence-corrected chi connectivity index (χ0v) is 24.2. The van der Waals surface area contributed by atoms with Crippen molar-refractivity contribution in [3.8, 4) is 0 Å². The lowest BCUT2D eigenvalue weighted by atomic mass is 10.1. The number of rotatable bonds is 15. The van der Waals surface area contributed by atoms with E-state index in [0.717, 1.165) is 93.9 Å². The van der Waals surface area contributed by atoms with E-state index >= 15 is 0 Å². The van der Waals surface area contributed by atoms with E-state index < -0.39 is 0 Å². The molecule has 212 valence electrons. The smallest absolute Gasteiger partial charge is 0.253 e. The minimum atomic E-state index is 0.162. The maximum absolute atomic E-state index is 13.6. The predicted molar refractivity (Wildman–Crippen MR) is 159 cm³/mol. The van der Waals surface area contributed by atoms with Gasteiger partial charge in [-0.25, -0.2) is 4.98 Å². The zero-order chi connectivity index (χ0) is 26.6. The standard InChI is InChI=1S/C31H52N6O/c1-3-5-22-36(23-6-4-2)30(38)27-14-15-28-29(26-27)37(24-13-21-34-17-9-7-10-18-34)31(33-28)32-16-25-35-19-11-8-12-20-35/h14-15,26H,3-13,16-25H2,1-2H3,(H,32,33). The van der Waals surface area contributed by atoms with Gasteiger partial charge in [0.25, 0.3) is 5.91 Å². The van der Waals surface area contributed by atoms with E-state index in [1.54, 1.807) is 0 Å². The fourth-order valence-corrected chi connectivity index (χ4v) is 5.96. The van der Waals surface area contributed by atoms with Crippen LogP contribution in [-0.4, -0.2) is 89.1 Å². The SMILES string of the molecule is CCCCN(CCCC)C(=O)c1ccc2nc(NCCN3CCCCC3)n(CCCN3CCCCC3)c2c1. The first kappa shape index (κ1) is 28.9. The van der Waals surface area contributed by atoms with Crippen LogP contribution in [0.3, 0.4) is 0 Å². The average Bonchev–Trinajstić information content (AvgIpc) is 3.30. The Balaban J connectivity index is 1.50. The molecule has 2 aliphatic rings. The molecule has 3 heterocycles. The molecule has 0 radical (unpaired) electrons. The van der Waals surface area contributed by atoms with Gasteiger partial charge in [0.05, 0.1) is 11.0 Å². The van der Waals surface area contributed by atoms with Crippen molar-refractivity contribution in [3.63, 3.8) is 0 Å². The predicted octanol–water partition coefficient (Wildman–Crippen LogP) is 5.85. The van der Waals surface area contributed by atoms with Crippen LogP contribution in [0.15, 0.2) is 18.2 Å². The summed E-state index contributed by atoms with van der Waals surface area (Å²) in [6, 6.07) is 6.14. The number of nitrogens with zero attached hydrogens (tertiary/aromatic N) is 5. The van der Waals surface area contributed by atoms with E-state index in [4.69, 9.17) is 4.98 Å². The molecule has 0 aliphatic carbocycles. The Hall–Kier alpha value is -2.12. The second-order valence-electron chi connectivity index (χ2n) is 11.4. The summed E-state index contributed by atoms with van der Waals surface area (Å²) < 4.78 is 2.34. The van der Waals surface area contributed by atoms with Crippen molar-refractivity contribution in [2.45, 2.75) is 91.0 Å². The van der Waals surface area contributed by atoms with Gasteiger partial charge in [-0.1, -0.05) is 39.5 Å². The highest BCUT2D eigenvalue weighted by Gasteiger charge is 2.19. The van der Waals surface area contributed by atoms with Gasteiger partial charge in [0.2, 0.25) is 5.95 Å². The van der Waals surface area contributed by atoms with Crippen LogP contribution in [-0.2, 0) is 6.54 Å². The average molecular weight is 525 g/mol. The van der Waals surface area contributed by atoms with Gasteiger partial charge in [-0.2, -0.15) is 0 Å². The highest BCUT2D eigenvalue weighted by Crippen LogP contribution is 2.23. The maximum atomic E-state index is 13.6. The molecule has 1 amide bonds. The Bertz CT molecular complexity index is 968. The molecule has 0 saturated carbocycles. The molecule has 0 bridgehead atoms. The number of imidazole rings is 1. The summed E-state index contributed by atoms with van der Waals surface area (Å²) in [6.07, 6.45) is 13.4. The molecule has 7 nitrogen and oxygen atoms in total. The molecule has 2 saturated heterocycles. The number of fused-ring (bicyclic) bond motifs is 1. The number of amides is 1. The third-order valence-electron chi connectivity index (χ3n) is 8.31. The number of aromatic nitrogens is 2. The highest BCUT2D eigenvalue weighted by atomic mass is 16.2. The normalized spacial score (nSPS) is 17.2. The summed E-state index contributed by atoms with van der Waals surface area (Å²) >= 11 is 0. The van der Waals surface area contributed by atoms with E-state index in [-0.39, 0.29) is 5.91 Å². The third kappa shape index (κ3) is 8.19. The van der Waals surface area contributed by atoms with Gasteiger partial charge in [0.15, 0.2) is 0 Å². The number of unbranched alkanes of at least 4 members (excludes halogenated alkanes) is 2. The van der Waals surface area contributed by atoms with Crippen molar-refractivity contribution in [1.29, 1.82) is 0 Å². The van der Waals surface area contributed by atoms with Crippen LogP contribution < -0.4 is 5.32 Å². The molecule has 7 heteroatoms. The Kier molecular flexibility index (Phi) is 11.8. The van der Waals surface area contributed by atoms with Gasteiger partial charge in [0.1, 0.15) is 0 Å². The summed E-state index contributed by atoms with van der Waals surface area (Å²) in [5, 5.41) is 3.67. The highest BCUT2D eigenvalue weighted by molar-refractivity contribution is 5.97. The number of hydrogen-bond donors (Lipinski definition) is 1. The first-order valence-corrected chi connectivity index (χ1v) is 15.7. The lowest BCUT2D eigenvalue weighted by molar-refractivity contribution is 0.0751. The van der Waals surface area contributed by atoms with E-state index in [0.29, 0.717) is 0 Å². The largest absolute Gasteiger partial charge is 0.354 e. The molecule has 0 atom stereocenters. The van der Waals surface area contributed by atoms with E-state index in [9.17, 15) is 4.79 Å². The molecule has 2 fully saturated rings. The minimum Gasteiger partial charge on any atom is -0.354 e. The lowest BCUT2D eigenvalue weighted by Gasteiger charge is -2.27. The second kappa shape index (κ2) is 15.5. The van der Waals surface area contributed by atoms with Crippen LogP contribution in [0.4, 0.5) is 5.95 Å². The Morgan fingerprint density at radius 1 is 0.842 bits per heavy atom. The zero-order valence-electron chi connectivity index (χ0n) is 24.2. The fraction of sp³-hybridized carbons (Fsp3) is 0.742. The summed E-state index contributed by atoms with van der Waals surface area (Å²) in [7, 11) is 0. The number of piperidine rings is 2. The molecule has 2 aliphatic heterocycles. The quantitative estimate of drug-likeness (QED) is 0.317. The van der Waals surface area contributed by atoms with Gasteiger partial charge in [-0.05, 0) is 95.9 Å². The number of hydrogen-bond acceptors (Lipinski definition) is 5. The molecule has 1 aromatic carbocycles. The van der Waals surface area contributed by atoms with E-state index in [1.807, 2.05) is 6.07 Å². The number of carbonyl (C=O) groups excluding carboxylic acids is 1. The molecular formula is C31H52N6O. The molecule has 4 rings (SSSR count). The molecule has 0 unspecified atom stereocenters. The number of nitrogens with one attached hydrogen (secondary N) is 1. The van der Waals surface area contributed by atoms with Gasteiger partial charge >= 0.3 is 0 Å². The Labute approximate surface area is 230 Å². The summed E-state index contributed by atoms with van der Waals surface area (Å²) in [6.45, 7) is 15.0. The van der Waals surface area contributed by atoms with Crippen LogP contribution >= 0.6 is 0 Å². The van der Waals surface area contributed by atoms with Crippen LogP contribution in [0.2, 0.25) is 0 Å². The number of likely N-dealkylation sites (tertiary alicyclic amines) is 2. The van der Waals surface area contributed by atoms with Crippen molar-refractivity contribution in [2.75, 3.05) is 64.2 Å².